The Morgan fingerprint density at radius 2 is 2.18 bits per heavy atom. The van der Waals surface area contributed by atoms with Crippen LogP contribution in [0.4, 0.5) is 0 Å². The standard InChI is InChI=1S/C14H15NO2/c1-3-10(2)9-15-7-6-11-8-12(14(16)17)4-5-13(11)15/h4-8H,2-3,9H2,1H3,(H,16,17). The van der Waals surface area contributed by atoms with E-state index >= 15 is 0 Å². The van der Waals surface area contributed by atoms with Crippen molar-refractivity contribution in [3.63, 3.8) is 0 Å². The van der Waals surface area contributed by atoms with Gasteiger partial charge in [0.25, 0.3) is 0 Å². The molecule has 1 N–H and O–H groups in total. The summed E-state index contributed by atoms with van der Waals surface area (Å²) in [6.45, 7) is 6.85. The molecule has 3 nitrogen and oxygen atoms in total. The van der Waals surface area contributed by atoms with Gasteiger partial charge in [-0.1, -0.05) is 19.1 Å². The first-order valence-corrected chi connectivity index (χ1v) is 5.60. The minimum atomic E-state index is -0.891. The highest BCUT2D eigenvalue weighted by Gasteiger charge is 2.06. The predicted molar refractivity (Wildman–Crippen MR) is 68.3 cm³/mol. The molecule has 0 spiro atoms. The van der Waals surface area contributed by atoms with Crippen LogP contribution in [0.2, 0.25) is 0 Å². The molecule has 1 aromatic heterocycles. The summed E-state index contributed by atoms with van der Waals surface area (Å²) in [5.74, 6) is -0.891. The Morgan fingerprint density at radius 3 is 2.82 bits per heavy atom. The average Bonchev–Trinajstić information content (AvgIpc) is 2.71. The number of benzene rings is 1. The van der Waals surface area contributed by atoms with Gasteiger partial charge in [0.2, 0.25) is 0 Å². The van der Waals surface area contributed by atoms with Crippen molar-refractivity contribution in [1.29, 1.82) is 0 Å². The van der Waals surface area contributed by atoms with Gasteiger partial charge in [0.1, 0.15) is 0 Å². The van der Waals surface area contributed by atoms with E-state index in [0.29, 0.717) is 5.56 Å². The fourth-order valence-corrected chi connectivity index (χ4v) is 1.82. The van der Waals surface area contributed by atoms with E-state index in [9.17, 15) is 4.79 Å². The molecule has 88 valence electrons. The highest BCUT2D eigenvalue weighted by atomic mass is 16.4. The Bertz CT molecular complexity index is 581. The van der Waals surface area contributed by atoms with E-state index in [0.717, 1.165) is 29.4 Å². The van der Waals surface area contributed by atoms with Gasteiger partial charge in [-0.2, -0.15) is 0 Å². The molecule has 1 aromatic carbocycles. The molecule has 17 heavy (non-hydrogen) atoms. The number of hydrogen-bond acceptors (Lipinski definition) is 1. The number of allylic oxidation sites excluding steroid dienone is 1. The summed E-state index contributed by atoms with van der Waals surface area (Å²) in [4.78, 5) is 10.9. The first-order chi connectivity index (χ1) is 8.11. The van der Waals surface area contributed by atoms with Crippen LogP contribution in [0.5, 0.6) is 0 Å². The van der Waals surface area contributed by atoms with E-state index in [-0.39, 0.29) is 0 Å². The Hall–Kier alpha value is -2.03. The van der Waals surface area contributed by atoms with Crippen molar-refractivity contribution in [2.45, 2.75) is 19.9 Å². The number of fused-ring (bicyclic) bond motifs is 1. The zero-order valence-electron chi connectivity index (χ0n) is 9.81. The van der Waals surface area contributed by atoms with Gasteiger partial charge in [0.05, 0.1) is 5.56 Å². The van der Waals surface area contributed by atoms with Gasteiger partial charge in [0, 0.05) is 23.6 Å². The summed E-state index contributed by atoms with van der Waals surface area (Å²) < 4.78 is 2.09. The Morgan fingerprint density at radius 1 is 1.41 bits per heavy atom. The van der Waals surface area contributed by atoms with Crippen LogP contribution in [0.3, 0.4) is 0 Å². The van der Waals surface area contributed by atoms with Crippen LogP contribution in [0.15, 0.2) is 42.6 Å². The van der Waals surface area contributed by atoms with Crippen LogP contribution in [-0.2, 0) is 6.54 Å². The second-order valence-electron chi connectivity index (χ2n) is 4.13. The number of aromatic nitrogens is 1. The fourth-order valence-electron chi connectivity index (χ4n) is 1.82. The van der Waals surface area contributed by atoms with E-state index in [1.54, 1.807) is 12.1 Å². The molecule has 0 radical (unpaired) electrons. The molecule has 1 heterocycles. The molecule has 0 aliphatic heterocycles. The van der Waals surface area contributed by atoms with Crippen molar-refractivity contribution in [3.8, 4) is 0 Å². The average molecular weight is 229 g/mol. The van der Waals surface area contributed by atoms with Gasteiger partial charge in [-0.15, -0.1) is 0 Å². The van der Waals surface area contributed by atoms with Gasteiger partial charge in [-0.25, -0.2) is 4.79 Å². The maximum absolute atomic E-state index is 10.9. The Balaban J connectivity index is 2.41. The van der Waals surface area contributed by atoms with E-state index in [1.165, 1.54) is 0 Å². The van der Waals surface area contributed by atoms with Crippen LogP contribution in [-0.4, -0.2) is 15.6 Å². The number of rotatable bonds is 4. The third-order valence-corrected chi connectivity index (χ3v) is 2.91. The summed E-state index contributed by atoms with van der Waals surface area (Å²) in [7, 11) is 0. The molecule has 0 amide bonds. The molecule has 0 aliphatic carbocycles. The topological polar surface area (TPSA) is 42.2 Å². The highest BCUT2D eigenvalue weighted by molar-refractivity contribution is 5.93. The van der Waals surface area contributed by atoms with Gasteiger partial charge >= 0.3 is 5.97 Å². The van der Waals surface area contributed by atoms with E-state index < -0.39 is 5.97 Å². The Kier molecular flexibility index (Phi) is 3.00. The quantitative estimate of drug-likeness (QED) is 0.817. The van der Waals surface area contributed by atoms with E-state index in [1.807, 2.05) is 18.3 Å². The number of carboxylic acid groups (broad SMARTS) is 1. The monoisotopic (exact) mass is 229 g/mol. The fraction of sp³-hybridized carbons (Fsp3) is 0.214. The zero-order chi connectivity index (χ0) is 12.4. The maximum Gasteiger partial charge on any atom is 0.335 e. The second-order valence-corrected chi connectivity index (χ2v) is 4.13. The van der Waals surface area contributed by atoms with Crippen LogP contribution in [0.1, 0.15) is 23.7 Å². The van der Waals surface area contributed by atoms with Crippen LogP contribution < -0.4 is 0 Å². The number of hydrogen-bond donors (Lipinski definition) is 1. The van der Waals surface area contributed by atoms with Crippen molar-refractivity contribution in [3.05, 3.63) is 48.2 Å². The largest absolute Gasteiger partial charge is 0.478 e. The smallest absolute Gasteiger partial charge is 0.335 e. The van der Waals surface area contributed by atoms with Crippen molar-refractivity contribution in [2.24, 2.45) is 0 Å². The summed E-state index contributed by atoms with van der Waals surface area (Å²) >= 11 is 0. The number of carbonyl (C=O) groups is 1. The van der Waals surface area contributed by atoms with Crippen molar-refractivity contribution in [2.75, 3.05) is 0 Å². The molecular formula is C14H15NO2. The lowest BCUT2D eigenvalue weighted by molar-refractivity contribution is 0.0697. The molecule has 0 saturated heterocycles. The van der Waals surface area contributed by atoms with Gasteiger partial charge < -0.3 is 9.67 Å². The molecule has 2 rings (SSSR count). The van der Waals surface area contributed by atoms with Gasteiger partial charge in [-0.3, -0.25) is 0 Å². The first-order valence-electron chi connectivity index (χ1n) is 5.60. The summed E-state index contributed by atoms with van der Waals surface area (Å²) in [6.07, 6.45) is 2.92. The summed E-state index contributed by atoms with van der Waals surface area (Å²) in [5.41, 5.74) is 2.53. The predicted octanol–water partition coefficient (Wildman–Crippen LogP) is 3.31. The minimum absolute atomic E-state index is 0.324. The van der Waals surface area contributed by atoms with Gasteiger partial charge in [0.15, 0.2) is 0 Å². The number of carboxylic acids is 1. The van der Waals surface area contributed by atoms with Crippen molar-refractivity contribution in [1.82, 2.24) is 4.57 Å². The lowest BCUT2D eigenvalue weighted by Gasteiger charge is -2.06. The molecule has 0 aliphatic rings. The van der Waals surface area contributed by atoms with E-state index in [2.05, 4.69) is 18.1 Å². The summed E-state index contributed by atoms with van der Waals surface area (Å²) in [5, 5.41) is 9.87. The summed E-state index contributed by atoms with van der Waals surface area (Å²) in [6, 6.07) is 7.12. The molecule has 0 atom stereocenters. The number of nitrogens with zero attached hydrogens (tertiary/aromatic N) is 1. The third kappa shape index (κ3) is 2.23. The normalized spacial score (nSPS) is 10.6. The lowest BCUT2D eigenvalue weighted by Crippen LogP contribution is -1.99. The van der Waals surface area contributed by atoms with Crippen molar-refractivity contribution >= 4 is 16.9 Å². The van der Waals surface area contributed by atoms with Crippen LogP contribution in [0.25, 0.3) is 10.9 Å². The minimum Gasteiger partial charge on any atom is -0.478 e. The second kappa shape index (κ2) is 4.45. The molecule has 0 bridgehead atoms. The van der Waals surface area contributed by atoms with E-state index in [4.69, 9.17) is 5.11 Å². The third-order valence-electron chi connectivity index (χ3n) is 2.91. The highest BCUT2D eigenvalue weighted by Crippen LogP contribution is 2.19. The number of aromatic carboxylic acids is 1. The lowest BCUT2D eigenvalue weighted by atomic mass is 10.1. The van der Waals surface area contributed by atoms with Gasteiger partial charge in [-0.05, 0) is 30.7 Å². The van der Waals surface area contributed by atoms with Crippen LogP contribution >= 0.6 is 0 Å². The molecule has 0 fully saturated rings. The van der Waals surface area contributed by atoms with Crippen LogP contribution in [0, 0.1) is 0 Å². The van der Waals surface area contributed by atoms with Crippen molar-refractivity contribution < 1.29 is 9.90 Å². The Labute approximate surface area is 100.0 Å². The first kappa shape index (κ1) is 11.5. The molecular weight excluding hydrogens is 214 g/mol. The SMILES string of the molecule is C=C(CC)Cn1ccc2cc(C(=O)O)ccc21. The zero-order valence-corrected chi connectivity index (χ0v) is 9.81. The molecule has 3 heteroatoms. The maximum atomic E-state index is 10.9. The molecule has 2 aromatic rings. The molecule has 0 unspecified atom stereocenters. The molecule has 0 saturated carbocycles.